The van der Waals surface area contributed by atoms with Crippen molar-refractivity contribution in [3.63, 3.8) is 0 Å². The minimum atomic E-state index is -0.911. The Hall–Kier alpha value is -2.86. The molecule has 0 spiro atoms. The van der Waals surface area contributed by atoms with E-state index in [0.29, 0.717) is 10.5 Å². The quantitative estimate of drug-likeness (QED) is 0.673. The molecule has 1 aromatic heterocycles. The van der Waals surface area contributed by atoms with E-state index in [2.05, 4.69) is 10.3 Å². The van der Waals surface area contributed by atoms with E-state index in [1.54, 1.807) is 0 Å². The molecule has 0 unspecified atom stereocenters. The molecule has 0 aliphatic carbocycles. The van der Waals surface area contributed by atoms with Gasteiger partial charge in [-0.3, -0.25) is 9.59 Å². The fourth-order valence-corrected chi connectivity index (χ4v) is 2.38. The molecule has 0 radical (unpaired) electrons. The Morgan fingerprint density at radius 1 is 1.22 bits per heavy atom. The number of para-hydroxylation sites is 1. The first-order valence-electron chi connectivity index (χ1n) is 6.58. The normalized spacial score (nSPS) is 10.7. The number of halogens is 2. The molecule has 116 valence electrons. The van der Waals surface area contributed by atoms with Crippen LogP contribution in [0.5, 0.6) is 5.75 Å². The molecule has 3 N–H and O–H groups in total. The van der Waals surface area contributed by atoms with E-state index < -0.39 is 28.6 Å². The number of aromatic amines is 1. The van der Waals surface area contributed by atoms with Gasteiger partial charge in [-0.2, -0.15) is 0 Å². The lowest BCUT2D eigenvalue weighted by Gasteiger charge is -2.09. The van der Waals surface area contributed by atoms with Gasteiger partial charge in [0.1, 0.15) is 17.1 Å². The van der Waals surface area contributed by atoms with Gasteiger partial charge in [0, 0.05) is 10.4 Å². The van der Waals surface area contributed by atoms with Crippen LogP contribution in [-0.4, -0.2) is 16.0 Å². The second-order valence-electron chi connectivity index (χ2n) is 4.80. The number of carbonyl (C=O) groups is 1. The average molecular weight is 333 g/mol. The minimum absolute atomic E-state index is 0.0903. The number of amides is 1. The van der Waals surface area contributed by atoms with Gasteiger partial charge in [0.25, 0.3) is 11.5 Å². The molecule has 0 bridgehead atoms. The molecule has 5 nitrogen and oxygen atoms in total. The Balaban J connectivity index is 2.09. The lowest BCUT2D eigenvalue weighted by atomic mass is 10.1. The maximum atomic E-state index is 13.6. The second-order valence-corrected chi connectivity index (χ2v) is 5.24. The number of H-pyrrole nitrogens is 1. The first-order chi connectivity index (χ1) is 11.0. The number of benzene rings is 2. The van der Waals surface area contributed by atoms with Crippen LogP contribution in [0.15, 0.2) is 47.3 Å². The highest BCUT2D eigenvalue weighted by molar-refractivity contribution is 6.31. The number of pyridine rings is 1. The van der Waals surface area contributed by atoms with Crippen LogP contribution in [0.2, 0.25) is 5.02 Å². The first-order valence-corrected chi connectivity index (χ1v) is 6.95. The van der Waals surface area contributed by atoms with Crippen molar-refractivity contribution in [1.29, 1.82) is 0 Å². The maximum Gasteiger partial charge on any atom is 0.265 e. The maximum absolute atomic E-state index is 13.6. The van der Waals surface area contributed by atoms with Crippen LogP contribution in [0.3, 0.4) is 0 Å². The van der Waals surface area contributed by atoms with Crippen molar-refractivity contribution >= 4 is 34.1 Å². The molecule has 0 aliphatic rings. The number of fused-ring (bicyclic) bond motifs is 1. The number of hydrogen-bond acceptors (Lipinski definition) is 3. The second kappa shape index (κ2) is 5.73. The Morgan fingerprint density at radius 2 is 1.96 bits per heavy atom. The number of rotatable bonds is 2. The number of aromatic nitrogens is 1. The van der Waals surface area contributed by atoms with Crippen LogP contribution < -0.4 is 10.9 Å². The summed E-state index contributed by atoms with van der Waals surface area (Å²) in [7, 11) is 0. The van der Waals surface area contributed by atoms with Gasteiger partial charge < -0.3 is 15.4 Å². The van der Waals surface area contributed by atoms with Gasteiger partial charge in [0.05, 0.1) is 11.2 Å². The summed E-state index contributed by atoms with van der Waals surface area (Å²) in [5.41, 5.74) is -1.09. The monoisotopic (exact) mass is 332 g/mol. The van der Waals surface area contributed by atoms with E-state index in [1.807, 2.05) is 0 Å². The Kier molecular flexibility index (Phi) is 3.75. The molecule has 2 aromatic carbocycles. The van der Waals surface area contributed by atoms with Gasteiger partial charge in [0.15, 0.2) is 0 Å². The summed E-state index contributed by atoms with van der Waals surface area (Å²) in [5.74, 6) is -2.05. The average Bonchev–Trinajstić information content (AvgIpc) is 2.49. The molecule has 3 rings (SSSR count). The zero-order valence-corrected chi connectivity index (χ0v) is 12.3. The highest BCUT2D eigenvalue weighted by Crippen LogP contribution is 2.27. The fourth-order valence-electron chi connectivity index (χ4n) is 2.21. The van der Waals surface area contributed by atoms with Crippen LogP contribution in [0.25, 0.3) is 10.9 Å². The topological polar surface area (TPSA) is 82.2 Å². The number of nitrogens with one attached hydrogen (secondary N) is 2. The van der Waals surface area contributed by atoms with Crippen LogP contribution in [-0.2, 0) is 0 Å². The highest BCUT2D eigenvalue weighted by Gasteiger charge is 2.20. The summed E-state index contributed by atoms with van der Waals surface area (Å²) < 4.78 is 13.6. The number of anilines is 1. The predicted molar refractivity (Wildman–Crippen MR) is 85.6 cm³/mol. The zero-order chi connectivity index (χ0) is 16.6. The largest absolute Gasteiger partial charge is 0.506 e. The Bertz CT molecular complexity index is 985. The molecule has 1 amide bonds. The van der Waals surface area contributed by atoms with Gasteiger partial charge in [0.2, 0.25) is 0 Å². The van der Waals surface area contributed by atoms with Gasteiger partial charge in [-0.05, 0) is 30.3 Å². The number of aromatic hydroxyl groups is 1. The SMILES string of the molecule is O=C(Nc1ccccc1F)c1c(O)c2ccc(Cl)cc2[nH]c1=O. The van der Waals surface area contributed by atoms with Crippen molar-refractivity contribution in [3.05, 3.63) is 69.2 Å². The fraction of sp³-hybridized carbons (Fsp3) is 0. The molecule has 23 heavy (non-hydrogen) atoms. The zero-order valence-electron chi connectivity index (χ0n) is 11.6. The molecule has 1 heterocycles. The van der Waals surface area contributed by atoms with Crippen molar-refractivity contribution in [2.24, 2.45) is 0 Å². The summed E-state index contributed by atoms with van der Waals surface area (Å²) >= 11 is 5.83. The molecular formula is C16H10ClFN2O3. The third kappa shape index (κ3) is 2.76. The Labute approximate surface area is 134 Å². The Morgan fingerprint density at radius 3 is 2.70 bits per heavy atom. The van der Waals surface area contributed by atoms with Crippen LogP contribution in [0.1, 0.15) is 10.4 Å². The van der Waals surface area contributed by atoms with E-state index in [4.69, 9.17) is 11.6 Å². The van der Waals surface area contributed by atoms with Crippen LogP contribution >= 0.6 is 11.6 Å². The molecule has 0 fully saturated rings. The lowest BCUT2D eigenvalue weighted by Crippen LogP contribution is -2.23. The summed E-state index contributed by atoms with van der Waals surface area (Å²) in [6.07, 6.45) is 0. The van der Waals surface area contributed by atoms with E-state index >= 15 is 0 Å². The van der Waals surface area contributed by atoms with E-state index in [9.17, 15) is 19.1 Å². The summed E-state index contributed by atoms with van der Waals surface area (Å²) in [6, 6.07) is 9.96. The van der Waals surface area contributed by atoms with Crippen molar-refractivity contribution < 1.29 is 14.3 Å². The third-order valence-electron chi connectivity index (χ3n) is 3.30. The van der Waals surface area contributed by atoms with Gasteiger partial charge in [-0.25, -0.2) is 4.39 Å². The molecule has 7 heteroatoms. The van der Waals surface area contributed by atoms with Crippen LogP contribution in [0, 0.1) is 5.82 Å². The first kappa shape index (κ1) is 15.1. The highest BCUT2D eigenvalue weighted by atomic mass is 35.5. The molecule has 0 saturated heterocycles. The molecule has 0 atom stereocenters. The number of carbonyl (C=O) groups excluding carboxylic acids is 1. The molecule has 3 aromatic rings. The molecule has 0 saturated carbocycles. The summed E-state index contributed by atoms with van der Waals surface area (Å²) in [4.78, 5) is 26.8. The standard InChI is InChI=1S/C16H10ClFN2O3/c17-8-5-6-9-12(7-8)20-16(23)13(14(9)21)15(22)19-11-4-2-1-3-10(11)18/h1-7H,(H,19,22)(H2,20,21,23). The van der Waals surface area contributed by atoms with E-state index in [0.717, 1.165) is 0 Å². The molecular weight excluding hydrogens is 323 g/mol. The van der Waals surface area contributed by atoms with E-state index in [-0.39, 0.29) is 11.1 Å². The smallest absolute Gasteiger partial charge is 0.265 e. The number of hydrogen-bond donors (Lipinski definition) is 3. The van der Waals surface area contributed by atoms with Crippen molar-refractivity contribution in [3.8, 4) is 5.75 Å². The van der Waals surface area contributed by atoms with Gasteiger partial charge in [-0.1, -0.05) is 23.7 Å². The predicted octanol–water partition coefficient (Wildman–Crippen LogP) is 3.28. The van der Waals surface area contributed by atoms with Crippen LogP contribution in [0.4, 0.5) is 10.1 Å². The van der Waals surface area contributed by atoms with Crippen molar-refractivity contribution in [2.45, 2.75) is 0 Å². The van der Waals surface area contributed by atoms with Crippen molar-refractivity contribution in [2.75, 3.05) is 5.32 Å². The van der Waals surface area contributed by atoms with Gasteiger partial charge >= 0.3 is 0 Å². The lowest BCUT2D eigenvalue weighted by molar-refractivity contribution is 0.102. The van der Waals surface area contributed by atoms with Crippen molar-refractivity contribution in [1.82, 2.24) is 4.98 Å². The summed E-state index contributed by atoms with van der Waals surface area (Å²) in [6.45, 7) is 0. The van der Waals surface area contributed by atoms with Gasteiger partial charge in [-0.15, -0.1) is 0 Å². The summed E-state index contributed by atoms with van der Waals surface area (Å²) in [5, 5.41) is 13.1. The molecule has 0 aliphatic heterocycles. The minimum Gasteiger partial charge on any atom is -0.506 e. The van der Waals surface area contributed by atoms with E-state index in [1.165, 1.54) is 42.5 Å². The third-order valence-corrected chi connectivity index (χ3v) is 3.53.